The van der Waals surface area contributed by atoms with E-state index in [1.165, 1.54) is 10.8 Å². The highest BCUT2D eigenvalue weighted by atomic mass is 79.9. The number of nitrogens with zero attached hydrogens (tertiary/aromatic N) is 4. The zero-order valence-electron chi connectivity index (χ0n) is 10.8. The van der Waals surface area contributed by atoms with E-state index in [-0.39, 0.29) is 0 Å². The molecule has 1 aromatic carbocycles. The van der Waals surface area contributed by atoms with Gasteiger partial charge in [0.05, 0.1) is 16.7 Å². The molecule has 0 atom stereocenters. The smallest absolute Gasteiger partial charge is 0.136 e. The fourth-order valence-electron chi connectivity index (χ4n) is 2.67. The monoisotopic (exact) mass is 328 g/mol. The van der Waals surface area contributed by atoms with Gasteiger partial charge in [0, 0.05) is 30.9 Å². The third-order valence-corrected chi connectivity index (χ3v) is 4.17. The number of rotatable bonds is 2. The molecule has 0 radical (unpaired) electrons. The molecular weight excluding hydrogens is 316 g/mol. The van der Waals surface area contributed by atoms with E-state index in [2.05, 4.69) is 61.2 Å². The molecular formula is C15H13BrN4. The van der Waals surface area contributed by atoms with Crippen molar-refractivity contribution in [3.8, 4) is 0 Å². The largest absolute Gasteiger partial charge is 0.352 e. The molecule has 1 saturated heterocycles. The van der Waals surface area contributed by atoms with Gasteiger partial charge in [-0.3, -0.25) is 4.68 Å². The van der Waals surface area contributed by atoms with E-state index in [4.69, 9.17) is 0 Å². The maximum Gasteiger partial charge on any atom is 0.136 e. The first-order valence-electron chi connectivity index (χ1n) is 6.59. The summed E-state index contributed by atoms with van der Waals surface area (Å²) in [5, 5.41) is 6.81. The molecule has 0 aliphatic carbocycles. The number of halogens is 1. The van der Waals surface area contributed by atoms with Crippen molar-refractivity contribution in [2.75, 3.05) is 18.0 Å². The fraction of sp³-hybridized carbons (Fsp3) is 0.200. The molecule has 0 bridgehead atoms. The first kappa shape index (κ1) is 11.9. The molecule has 0 spiro atoms. The first-order valence-corrected chi connectivity index (χ1v) is 7.39. The fourth-order valence-corrected chi connectivity index (χ4v) is 2.97. The number of pyridine rings is 1. The Labute approximate surface area is 125 Å². The lowest BCUT2D eigenvalue weighted by Crippen LogP contribution is -2.48. The van der Waals surface area contributed by atoms with E-state index in [0.29, 0.717) is 6.04 Å². The Balaban J connectivity index is 1.60. The zero-order valence-corrected chi connectivity index (χ0v) is 12.4. The van der Waals surface area contributed by atoms with E-state index in [1.54, 1.807) is 0 Å². The molecule has 0 amide bonds. The number of hydrogen-bond donors (Lipinski definition) is 0. The summed E-state index contributed by atoms with van der Waals surface area (Å²) < 4.78 is 3.05. The van der Waals surface area contributed by atoms with Crippen molar-refractivity contribution < 1.29 is 0 Å². The van der Waals surface area contributed by atoms with Gasteiger partial charge in [-0.15, -0.1) is 0 Å². The topological polar surface area (TPSA) is 34.0 Å². The van der Waals surface area contributed by atoms with Crippen LogP contribution < -0.4 is 4.90 Å². The second-order valence-corrected chi connectivity index (χ2v) is 5.97. The van der Waals surface area contributed by atoms with E-state index in [9.17, 15) is 0 Å². The van der Waals surface area contributed by atoms with E-state index in [0.717, 1.165) is 23.4 Å². The molecule has 2 aromatic heterocycles. The predicted molar refractivity (Wildman–Crippen MR) is 82.9 cm³/mol. The summed E-state index contributed by atoms with van der Waals surface area (Å²) in [6.45, 7) is 1.91. The molecule has 4 rings (SSSR count). The van der Waals surface area contributed by atoms with E-state index < -0.39 is 0 Å². The summed E-state index contributed by atoms with van der Waals surface area (Å²) in [7, 11) is 0. The van der Waals surface area contributed by atoms with Crippen LogP contribution in [0.5, 0.6) is 0 Å². The third kappa shape index (κ3) is 1.89. The maximum atomic E-state index is 4.55. The van der Waals surface area contributed by atoms with Gasteiger partial charge < -0.3 is 4.90 Å². The van der Waals surface area contributed by atoms with Crippen LogP contribution in [0, 0.1) is 0 Å². The molecule has 0 saturated carbocycles. The van der Waals surface area contributed by atoms with Gasteiger partial charge in [-0.2, -0.15) is 5.10 Å². The van der Waals surface area contributed by atoms with Gasteiger partial charge in [-0.1, -0.05) is 24.3 Å². The second-order valence-electron chi connectivity index (χ2n) is 5.05. The van der Waals surface area contributed by atoms with Gasteiger partial charge in [0.25, 0.3) is 0 Å². The number of benzene rings is 1. The summed E-state index contributed by atoms with van der Waals surface area (Å²) >= 11 is 3.44. The van der Waals surface area contributed by atoms with Crippen LogP contribution in [0.1, 0.15) is 6.04 Å². The van der Waals surface area contributed by atoms with Crippen molar-refractivity contribution in [2.45, 2.75) is 6.04 Å². The highest BCUT2D eigenvalue weighted by molar-refractivity contribution is 9.10. The molecule has 5 heteroatoms. The van der Waals surface area contributed by atoms with E-state index >= 15 is 0 Å². The first-order chi connectivity index (χ1) is 9.81. The average molecular weight is 329 g/mol. The van der Waals surface area contributed by atoms with E-state index in [1.807, 2.05) is 23.3 Å². The number of aromatic nitrogens is 3. The Morgan fingerprint density at radius 1 is 1.15 bits per heavy atom. The van der Waals surface area contributed by atoms with Crippen LogP contribution in [0.25, 0.3) is 10.8 Å². The molecule has 4 nitrogen and oxygen atoms in total. The molecule has 3 heterocycles. The van der Waals surface area contributed by atoms with Crippen molar-refractivity contribution in [1.82, 2.24) is 14.8 Å². The lowest BCUT2D eigenvalue weighted by Gasteiger charge is -2.40. The van der Waals surface area contributed by atoms with Crippen molar-refractivity contribution >= 4 is 32.5 Å². The summed E-state index contributed by atoms with van der Waals surface area (Å²) in [5.74, 6) is 1.07. The lowest BCUT2D eigenvalue weighted by atomic mass is 10.1. The molecule has 0 unspecified atom stereocenters. The Kier molecular flexibility index (Phi) is 2.73. The van der Waals surface area contributed by atoms with Crippen LogP contribution in [-0.2, 0) is 0 Å². The van der Waals surface area contributed by atoms with Crippen molar-refractivity contribution in [2.24, 2.45) is 0 Å². The van der Waals surface area contributed by atoms with Gasteiger partial charge in [-0.05, 0) is 27.4 Å². The van der Waals surface area contributed by atoms with Gasteiger partial charge in [0.2, 0.25) is 0 Å². The summed E-state index contributed by atoms with van der Waals surface area (Å²) in [5.41, 5.74) is 0. The zero-order chi connectivity index (χ0) is 13.5. The highest BCUT2D eigenvalue weighted by Gasteiger charge is 2.30. The van der Waals surface area contributed by atoms with Gasteiger partial charge in [0.1, 0.15) is 5.82 Å². The van der Waals surface area contributed by atoms with Gasteiger partial charge in [0.15, 0.2) is 0 Å². The van der Waals surface area contributed by atoms with Crippen molar-refractivity contribution in [3.05, 3.63) is 53.4 Å². The third-order valence-electron chi connectivity index (χ3n) is 3.76. The van der Waals surface area contributed by atoms with Crippen molar-refractivity contribution in [1.29, 1.82) is 0 Å². The van der Waals surface area contributed by atoms with Crippen LogP contribution in [-0.4, -0.2) is 27.9 Å². The summed E-state index contributed by atoms with van der Waals surface area (Å²) in [4.78, 5) is 6.86. The van der Waals surface area contributed by atoms with Crippen LogP contribution in [0.3, 0.4) is 0 Å². The predicted octanol–water partition coefficient (Wildman–Crippen LogP) is 3.26. The van der Waals surface area contributed by atoms with Crippen LogP contribution in [0.4, 0.5) is 5.82 Å². The maximum absolute atomic E-state index is 4.55. The quantitative estimate of drug-likeness (QED) is 0.724. The van der Waals surface area contributed by atoms with Gasteiger partial charge >= 0.3 is 0 Å². The summed E-state index contributed by atoms with van der Waals surface area (Å²) in [6, 6.07) is 10.9. The molecule has 1 aliphatic heterocycles. The molecule has 1 aliphatic rings. The minimum absolute atomic E-state index is 0.432. The number of hydrogen-bond acceptors (Lipinski definition) is 3. The summed E-state index contributed by atoms with van der Waals surface area (Å²) in [6.07, 6.45) is 5.74. The standard InChI is InChI=1S/C15H13BrN4/c16-12-7-18-20(8-12)13-9-19(10-13)15-14-4-2-1-3-11(14)5-6-17-15/h1-8,13H,9-10H2. The van der Waals surface area contributed by atoms with Crippen LogP contribution in [0.2, 0.25) is 0 Å². The SMILES string of the molecule is Brc1cnn(C2CN(c3nccc4ccccc34)C2)c1. The van der Waals surface area contributed by atoms with Crippen LogP contribution in [0.15, 0.2) is 53.4 Å². The molecule has 0 N–H and O–H groups in total. The molecule has 100 valence electrons. The highest BCUT2D eigenvalue weighted by Crippen LogP contribution is 2.31. The Hall–Kier alpha value is -1.88. The second kappa shape index (κ2) is 4.59. The molecule has 1 fully saturated rings. The van der Waals surface area contributed by atoms with Crippen molar-refractivity contribution in [3.63, 3.8) is 0 Å². The van der Waals surface area contributed by atoms with Gasteiger partial charge in [-0.25, -0.2) is 4.98 Å². The average Bonchev–Trinajstić information content (AvgIpc) is 2.84. The number of anilines is 1. The number of fused-ring (bicyclic) bond motifs is 1. The minimum Gasteiger partial charge on any atom is -0.352 e. The van der Waals surface area contributed by atoms with Crippen LogP contribution >= 0.6 is 15.9 Å². The normalized spacial score (nSPS) is 15.6. The molecule has 3 aromatic rings. The lowest BCUT2D eigenvalue weighted by molar-refractivity contribution is 0.366. The Morgan fingerprint density at radius 2 is 2.00 bits per heavy atom. The minimum atomic E-state index is 0.432. The Morgan fingerprint density at radius 3 is 2.80 bits per heavy atom. The Bertz CT molecular complexity index is 756. The molecule has 20 heavy (non-hydrogen) atoms.